The van der Waals surface area contributed by atoms with Crippen molar-refractivity contribution in [3.8, 4) is 45.6 Å². The second-order valence-corrected chi connectivity index (χ2v) is 11.4. The molecule has 3 heterocycles. The van der Waals surface area contributed by atoms with Gasteiger partial charge in [-0.1, -0.05) is 84.9 Å². The van der Waals surface area contributed by atoms with E-state index in [4.69, 9.17) is 23.8 Å². The second-order valence-electron chi connectivity index (χ2n) is 11.4. The normalized spacial score (nSPS) is 12.1. The van der Waals surface area contributed by atoms with Crippen molar-refractivity contribution in [1.29, 1.82) is 0 Å². The number of fused-ring (bicyclic) bond motifs is 7. The molecule has 9 heteroatoms. The number of alkyl halides is 3. The Balaban J connectivity index is 1.18. The van der Waals surface area contributed by atoms with Crippen LogP contribution in [0.4, 0.5) is 13.2 Å². The Morgan fingerprint density at radius 3 is 1.90 bits per heavy atom. The van der Waals surface area contributed by atoms with Crippen LogP contribution in [0.5, 0.6) is 0 Å². The van der Waals surface area contributed by atoms with Crippen LogP contribution in [0.1, 0.15) is 5.56 Å². The number of rotatable bonds is 4. The van der Waals surface area contributed by atoms with Crippen LogP contribution in [-0.4, -0.2) is 19.9 Å². The van der Waals surface area contributed by atoms with Gasteiger partial charge >= 0.3 is 6.18 Å². The molecule has 9 aromatic rings. The molecule has 0 aliphatic heterocycles. The van der Waals surface area contributed by atoms with E-state index in [-0.39, 0.29) is 5.82 Å². The third-order valence-corrected chi connectivity index (χ3v) is 8.38. The van der Waals surface area contributed by atoms with Gasteiger partial charge in [-0.3, -0.25) is 0 Å². The SMILES string of the molecule is FC(F)(F)c1ccc(-c2nc(-c3ccccc3)nc(-c3cccc(-c4nc5ccc6ccc7oc8ccccc8c7c6c5o4)c3)n2)cc1. The zero-order valence-corrected chi connectivity index (χ0v) is 24.9. The molecule has 230 valence electrons. The third-order valence-electron chi connectivity index (χ3n) is 8.38. The third kappa shape index (κ3) is 4.67. The van der Waals surface area contributed by atoms with Crippen molar-refractivity contribution in [3.63, 3.8) is 0 Å². The van der Waals surface area contributed by atoms with Gasteiger partial charge in [-0.05, 0) is 47.9 Å². The number of halogens is 3. The van der Waals surface area contributed by atoms with Gasteiger partial charge in [-0.2, -0.15) is 13.2 Å². The number of oxazole rings is 1. The van der Waals surface area contributed by atoms with Gasteiger partial charge in [-0.25, -0.2) is 19.9 Å². The highest BCUT2D eigenvalue weighted by Crippen LogP contribution is 2.40. The Hall–Kier alpha value is -6.35. The van der Waals surface area contributed by atoms with Gasteiger partial charge in [0.15, 0.2) is 23.1 Å². The molecule has 0 saturated carbocycles. The molecule has 0 aliphatic carbocycles. The summed E-state index contributed by atoms with van der Waals surface area (Å²) in [4.78, 5) is 19.0. The van der Waals surface area contributed by atoms with Crippen LogP contribution in [0.2, 0.25) is 0 Å². The molecule has 0 N–H and O–H groups in total. The minimum Gasteiger partial charge on any atom is -0.456 e. The second kappa shape index (κ2) is 10.6. The van der Waals surface area contributed by atoms with E-state index >= 15 is 0 Å². The smallest absolute Gasteiger partial charge is 0.416 e. The van der Waals surface area contributed by atoms with Crippen LogP contribution in [0.3, 0.4) is 0 Å². The number of benzene rings is 6. The van der Waals surface area contributed by atoms with Crippen molar-refractivity contribution in [2.45, 2.75) is 6.18 Å². The molecule has 6 nitrogen and oxygen atoms in total. The van der Waals surface area contributed by atoms with Crippen LogP contribution in [0.15, 0.2) is 136 Å². The molecule has 9 rings (SSSR count). The Morgan fingerprint density at radius 2 is 1.12 bits per heavy atom. The summed E-state index contributed by atoms with van der Waals surface area (Å²) < 4.78 is 52.5. The average molecular weight is 635 g/mol. The lowest BCUT2D eigenvalue weighted by Gasteiger charge is -2.10. The summed E-state index contributed by atoms with van der Waals surface area (Å²) in [5.74, 6) is 1.42. The van der Waals surface area contributed by atoms with Gasteiger partial charge in [0.1, 0.15) is 16.7 Å². The van der Waals surface area contributed by atoms with Gasteiger partial charge in [0.2, 0.25) is 5.89 Å². The zero-order chi connectivity index (χ0) is 32.4. The summed E-state index contributed by atoms with van der Waals surface area (Å²) in [6.45, 7) is 0. The number of nitrogens with zero attached hydrogens (tertiary/aromatic N) is 4. The van der Waals surface area contributed by atoms with Crippen LogP contribution in [0.25, 0.3) is 89.4 Å². The highest BCUT2D eigenvalue weighted by atomic mass is 19.4. The largest absolute Gasteiger partial charge is 0.456 e. The maximum absolute atomic E-state index is 13.3. The highest BCUT2D eigenvalue weighted by molar-refractivity contribution is 6.25. The van der Waals surface area contributed by atoms with E-state index in [0.717, 1.165) is 50.4 Å². The quantitative estimate of drug-likeness (QED) is 0.192. The number of furan rings is 1. The molecule has 48 heavy (non-hydrogen) atoms. The van der Waals surface area contributed by atoms with Crippen LogP contribution >= 0.6 is 0 Å². The molecule has 6 aromatic carbocycles. The van der Waals surface area contributed by atoms with Crippen LogP contribution < -0.4 is 0 Å². The topological polar surface area (TPSA) is 77.8 Å². The Bertz CT molecular complexity index is 2660. The summed E-state index contributed by atoms with van der Waals surface area (Å²) >= 11 is 0. The minimum absolute atomic E-state index is 0.252. The van der Waals surface area contributed by atoms with Crippen molar-refractivity contribution in [3.05, 3.63) is 133 Å². The van der Waals surface area contributed by atoms with Gasteiger partial charge in [0.25, 0.3) is 0 Å². The zero-order valence-electron chi connectivity index (χ0n) is 24.9. The first-order valence-electron chi connectivity index (χ1n) is 15.1. The number of para-hydroxylation sites is 1. The summed E-state index contributed by atoms with van der Waals surface area (Å²) in [7, 11) is 0. The average Bonchev–Trinajstić information content (AvgIpc) is 3.74. The molecule has 0 atom stereocenters. The van der Waals surface area contributed by atoms with Crippen molar-refractivity contribution >= 4 is 43.8 Å². The monoisotopic (exact) mass is 634 g/mol. The van der Waals surface area contributed by atoms with Gasteiger partial charge < -0.3 is 8.83 Å². The van der Waals surface area contributed by atoms with E-state index in [1.165, 1.54) is 12.1 Å². The van der Waals surface area contributed by atoms with Crippen molar-refractivity contribution in [2.75, 3.05) is 0 Å². The maximum atomic E-state index is 13.3. The van der Waals surface area contributed by atoms with Crippen molar-refractivity contribution in [1.82, 2.24) is 19.9 Å². The standard InChI is InChI=1S/C39H21F3N4O2/c40-39(41,42)27-17-13-24(14-18-27)36-44-35(23-7-2-1-3-8-23)45-37(46-36)25-9-6-10-26(21-25)38-43-29-19-15-22-16-20-31-33(32(22)34(29)48-38)28-11-4-5-12-30(28)47-31/h1-21H. The lowest BCUT2D eigenvalue weighted by atomic mass is 10.0. The maximum Gasteiger partial charge on any atom is 0.416 e. The molecule has 0 saturated heterocycles. The first-order valence-corrected chi connectivity index (χ1v) is 15.1. The molecule has 0 spiro atoms. The molecule has 0 fully saturated rings. The van der Waals surface area contributed by atoms with Crippen molar-refractivity contribution in [2.24, 2.45) is 0 Å². The molecule has 0 amide bonds. The lowest BCUT2D eigenvalue weighted by Crippen LogP contribution is -2.05. The molecule has 0 radical (unpaired) electrons. The summed E-state index contributed by atoms with van der Waals surface area (Å²) in [5.41, 5.74) is 4.73. The predicted octanol–water partition coefficient (Wildman–Crippen LogP) is 10.8. The summed E-state index contributed by atoms with van der Waals surface area (Å²) in [6, 6.07) is 37.6. The molecule has 0 bridgehead atoms. The van der Waals surface area contributed by atoms with E-state index in [1.807, 2.05) is 103 Å². The first-order chi connectivity index (χ1) is 23.4. The number of aromatic nitrogens is 4. The highest BCUT2D eigenvalue weighted by Gasteiger charge is 2.30. The Morgan fingerprint density at radius 1 is 0.479 bits per heavy atom. The van der Waals surface area contributed by atoms with Crippen molar-refractivity contribution < 1.29 is 22.0 Å². The van der Waals surface area contributed by atoms with Crippen LogP contribution in [-0.2, 0) is 6.18 Å². The molecular formula is C39H21F3N4O2. The van der Waals surface area contributed by atoms with E-state index in [1.54, 1.807) is 0 Å². The van der Waals surface area contributed by atoms with Gasteiger partial charge in [0.05, 0.1) is 5.56 Å². The van der Waals surface area contributed by atoms with E-state index in [0.29, 0.717) is 45.3 Å². The lowest BCUT2D eigenvalue weighted by molar-refractivity contribution is -0.137. The molecule has 0 aliphatic rings. The Labute approximate surface area is 270 Å². The van der Waals surface area contributed by atoms with E-state index < -0.39 is 11.7 Å². The fourth-order valence-electron chi connectivity index (χ4n) is 6.08. The summed E-state index contributed by atoms with van der Waals surface area (Å²) in [5, 5.41) is 3.90. The fourth-order valence-corrected chi connectivity index (χ4v) is 6.08. The summed E-state index contributed by atoms with van der Waals surface area (Å²) in [6.07, 6.45) is -4.45. The Kier molecular flexibility index (Phi) is 6.16. The van der Waals surface area contributed by atoms with Gasteiger partial charge in [0, 0.05) is 38.4 Å². The van der Waals surface area contributed by atoms with Gasteiger partial charge in [-0.15, -0.1) is 0 Å². The molecular weight excluding hydrogens is 613 g/mol. The van der Waals surface area contributed by atoms with Crippen LogP contribution in [0, 0.1) is 0 Å². The fraction of sp³-hybridized carbons (Fsp3) is 0.0256. The molecule has 3 aromatic heterocycles. The number of hydrogen-bond acceptors (Lipinski definition) is 6. The van der Waals surface area contributed by atoms with E-state index in [2.05, 4.69) is 4.98 Å². The van der Waals surface area contributed by atoms with E-state index in [9.17, 15) is 13.2 Å². The molecule has 0 unspecified atom stereocenters. The minimum atomic E-state index is -4.45. The first kappa shape index (κ1) is 27.9. The predicted molar refractivity (Wildman–Crippen MR) is 179 cm³/mol. The number of hydrogen-bond donors (Lipinski definition) is 0.